The number of benzene rings is 2. The summed E-state index contributed by atoms with van der Waals surface area (Å²) in [7, 11) is 0. The molecule has 0 aliphatic heterocycles. The predicted octanol–water partition coefficient (Wildman–Crippen LogP) is 4.18. The van der Waals surface area contributed by atoms with Gasteiger partial charge in [-0.15, -0.1) is 0 Å². The molecule has 2 rings (SSSR count). The second-order valence-corrected chi connectivity index (χ2v) is 4.44. The van der Waals surface area contributed by atoms with E-state index in [1.807, 2.05) is 0 Å². The van der Waals surface area contributed by atoms with Gasteiger partial charge in [-0.05, 0) is 35.9 Å². The molecule has 5 heteroatoms. The van der Waals surface area contributed by atoms with Gasteiger partial charge in [0.25, 0.3) is 0 Å². The minimum absolute atomic E-state index is 0.203. The summed E-state index contributed by atoms with van der Waals surface area (Å²) in [6, 6.07) is 11.0. The maximum Gasteiger partial charge on any atom is 0.416 e. The van der Waals surface area contributed by atoms with Crippen molar-refractivity contribution >= 4 is 17.5 Å². The zero-order valence-electron chi connectivity index (χ0n) is 10.9. The fourth-order valence-electron chi connectivity index (χ4n) is 1.70. The maximum absolute atomic E-state index is 12.4. The minimum atomic E-state index is -4.40. The Balaban J connectivity index is 2.11. The summed E-state index contributed by atoms with van der Waals surface area (Å²) < 4.78 is 37.2. The molecule has 0 saturated heterocycles. The first-order valence-corrected chi connectivity index (χ1v) is 6.11. The van der Waals surface area contributed by atoms with Crippen LogP contribution in [0.3, 0.4) is 0 Å². The highest BCUT2D eigenvalue weighted by molar-refractivity contribution is 6.06. The van der Waals surface area contributed by atoms with Gasteiger partial charge in [0, 0.05) is 11.3 Å². The van der Waals surface area contributed by atoms with Gasteiger partial charge in [0.1, 0.15) is 0 Å². The van der Waals surface area contributed by atoms with Crippen molar-refractivity contribution in [1.82, 2.24) is 0 Å². The Labute approximate surface area is 119 Å². The van der Waals surface area contributed by atoms with E-state index in [0.717, 1.165) is 17.7 Å². The van der Waals surface area contributed by atoms with Gasteiger partial charge >= 0.3 is 6.18 Å². The summed E-state index contributed by atoms with van der Waals surface area (Å²) in [5.74, 6) is -0.361. The standard InChI is InChI=1S/C16H12F3NO/c17-16(18,19)13-6-4-12(5-7-13)15(21)10-3-11-1-8-14(20)9-2-11/h1-10H,20H2/b10-3+. The van der Waals surface area contributed by atoms with Gasteiger partial charge in [0.05, 0.1) is 5.56 Å². The number of carbonyl (C=O) groups is 1. The molecule has 0 fully saturated rings. The molecule has 0 radical (unpaired) electrons. The highest BCUT2D eigenvalue weighted by Crippen LogP contribution is 2.29. The van der Waals surface area contributed by atoms with Crippen LogP contribution in [0.5, 0.6) is 0 Å². The molecule has 0 spiro atoms. The van der Waals surface area contributed by atoms with E-state index < -0.39 is 11.7 Å². The molecule has 2 nitrogen and oxygen atoms in total. The normalized spacial score (nSPS) is 11.8. The minimum Gasteiger partial charge on any atom is -0.399 e. The lowest BCUT2D eigenvalue weighted by Gasteiger charge is -2.06. The average Bonchev–Trinajstić information content (AvgIpc) is 2.45. The van der Waals surface area contributed by atoms with Gasteiger partial charge in [-0.3, -0.25) is 4.79 Å². The zero-order chi connectivity index (χ0) is 15.5. The second-order valence-electron chi connectivity index (χ2n) is 4.44. The number of carbonyl (C=O) groups excluding carboxylic acids is 1. The molecule has 0 unspecified atom stereocenters. The molecular formula is C16H12F3NO. The first-order chi connectivity index (χ1) is 9.86. The van der Waals surface area contributed by atoms with Crippen LogP contribution in [0.2, 0.25) is 0 Å². The van der Waals surface area contributed by atoms with E-state index in [0.29, 0.717) is 5.69 Å². The lowest BCUT2D eigenvalue weighted by Crippen LogP contribution is -2.05. The number of alkyl halides is 3. The Morgan fingerprint density at radius 3 is 2.05 bits per heavy atom. The summed E-state index contributed by atoms with van der Waals surface area (Å²) in [5.41, 5.74) is 6.36. The number of hydrogen-bond acceptors (Lipinski definition) is 2. The fourth-order valence-corrected chi connectivity index (χ4v) is 1.70. The molecule has 0 saturated carbocycles. The number of anilines is 1. The number of rotatable bonds is 3. The Morgan fingerprint density at radius 1 is 0.952 bits per heavy atom. The van der Waals surface area contributed by atoms with E-state index >= 15 is 0 Å². The van der Waals surface area contributed by atoms with Gasteiger partial charge in [0.15, 0.2) is 5.78 Å². The van der Waals surface area contributed by atoms with Crippen molar-refractivity contribution < 1.29 is 18.0 Å². The predicted molar refractivity (Wildman–Crippen MR) is 75.7 cm³/mol. The molecule has 0 aliphatic carbocycles. The van der Waals surface area contributed by atoms with Crippen LogP contribution in [0, 0.1) is 0 Å². The number of halogens is 3. The van der Waals surface area contributed by atoms with Crippen LogP contribution in [-0.2, 0) is 6.18 Å². The van der Waals surface area contributed by atoms with Crippen molar-refractivity contribution in [1.29, 1.82) is 0 Å². The van der Waals surface area contributed by atoms with E-state index in [9.17, 15) is 18.0 Å². The molecular weight excluding hydrogens is 279 g/mol. The molecule has 0 aromatic heterocycles. The van der Waals surface area contributed by atoms with Crippen molar-refractivity contribution in [3.8, 4) is 0 Å². The molecule has 0 heterocycles. The van der Waals surface area contributed by atoms with E-state index in [1.54, 1.807) is 30.3 Å². The van der Waals surface area contributed by atoms with Crippen molar-refractivity contribution in [3.05, 3.63) is 71.3 Å². The third-order valence-electron chi connectivity index (χ3n) is 2.86. The number of hydrogen-bond donors (Lipinski definition) is 1. The van der Waals surface area contributed by atoms with Crippen LogP contribution in [0.25, 0.3) is 6.08 Å². The summed E-state index contributed by atoms with van der Waals surface area (Å²) in [6.07, 6.45) is -1.51. The van der Waals surface area contributed by atoms with Crippen molar-refractivity contribution in [2.75, 3.05) is 5.73 Å². The third kappa shape index (κ3) is 3.95. The number of ketones is 1. The highest BCUT2D eigenvalue weighted by atomic mass is 19.4. The SMILES string of the molecule is Nc1ccc(/C=C/C(=O)c2ccc(C(F)(F)F)cc2)cc1. The first kappa shape index (κ1) is 14.8. The van der Waals surface area contributed by atoms with Crippen LogP contribution in [0.1, 0.15) is 21.5 Å². The molecule has 2 aromatic rings. The summed E-state index contributed by atoms with van der Waals surface area (Å²) in [5, 5.41) is 0. The molecule has 0 amide bonds. The van der Waals surface area contributed by atoms with Gasteiger partial charge in [-0.2, -0.15) is 13.2 Å². The topological polar surface area (TPSA) is 43.1 Å². The Hall–Kier alpha value is -2.56. The van der Waals surface area contributed by atoms with Crippen LogP contribution in [-0.4, -0.2) is 5.78 Å². The van der Waals surface area contributed by atoms with Crippen molar-refractivity contribution in [2.45, 2.75) is 6.18 Å². The average molecular weight is 291 g/mol. The summed E-state index contributed by atoms with van der Waals surface area (Å²) in [6.45, 7) is 0. The lowest BCUT2D eigenvalue weighted by molar-refractivity contribution is -0.137. The van der Waals surface area contributed by atoms with E-state index in [2.05, 4.69) is 0 Å². The quantitative estimate of drug-likeness (QED) is 0.523. The Morgan fingerprint density at radius 2 is 1.52 bits per heavy atom. The summed E-state index contributed by atoms with van der Waals surface area (Å²) in [4.78, 5) is 11.9. The van der Waals surface area contributed by atoms with Crippen LogP contribution in [0.15, 0.2) is 54.6 Å². The molecule has 0 bridgehead atoms. The van der Waals surface area contributed by atoms with Crippen molar-refractivity contribution in [2.24, 2.45) is 0 Å². The van der Waals surface area contributed by atoms with Crippen LogP contribution in [0.4, 0.5) is 18.9 Å². The molecule has 2 aromatic carbocycles. The zero-order valence-corrected chi connectivity index (χ0v) is 10.9. The number of allylic oxidation sites excluding steroid dienone is 1. The molecule has 21 heavy (non-hydrogen) atoms. The number of nitrogens with two attached hydrogens (primary N) is 1. The molecule has 2 N–H and O–H groups in total. The lowest BCUT2D eigenvalue weighted by atomic mass is 10.1. The number of nitrogen functional groups attached to an aromatic ring is 1. The van der Waals surface area contributed by atoms with Crippen molar-refractivity contribution in [3.63, 3.8) is 0 Å². The van der Waals surface area contributed by atoms with Crippen LogP contribution >= 0.6 is 0 Å². The van der Waals surface area contributed by atoms with E-state index in [4.69, 9.17) is 5.73 Å². The molecule has 0 aliphatic rings. The fraction of sp³-hybridized carbons (Fsp3) is 0.0625. The molecule has 0 atom stereocenters. The van der Waals surface area contributed by atoms with E-state index in [1.165, 1.54) is 18.2 Å². The maximum atomic E-state index is 12.4. The van der Waals surface area contributed by atoms with Crippen LogP contribution < -0.4 is 5.73 Å². The van der Waals surface area contributed by atoms with Gasteiger partial charge in [-0.1, -0.05) is 30.3 Å². The third-order valence-corrected chi connectivity index (χ3v) is 2.86. The first-order valence-electron chi connectivity index (χ1n) is 6.11. The van der Waals surface area contributed by atoms with Gasteiger partial charge in [-0.25, -0.2) is 0 Å². The van der Waals surface area contributed by atoms with Gasteiger partial charge < -0.3 is 5.73 Å². The largest absolute Gasteiger partial charge is 0.416 e. The van der Waals surface area contributed by atoms with Gasteiger partial charge in [0.2, 0.25) is 0 Å². The summed E-state index contributed by atoms with van der Waals surface area (Å²) >= 11 is 0. The Bertz CT molecular complexity index is 655. The monoisotopic (exact) mass is 291 g/mol. The van der Waals surface area contributed by atoms with E-state index in [-0.39, 0.29) is 11.3 Å². The smallest absolute Gasteiger partial charge is 0.399 e. The second kappa shape index (κ2) is 5.83. The molecule has 108 valence electrons. The highest BCUT2D eigenvalue weighted by Gasteiger charge is 2.30. The Kier molecular flexibility index (Phi) is 4.12.